The van der Waals surface area contributed by atoms with E-state index in [4.69, 9.17) is 18.0 Å². The Morgan fingerprint density at radius 2 is 2.05 bits per heavy atom. The van der Waals surface area contributed by atoms with Crippen molar-refractivity contribution in [2.24, 2.45) is 11.1 Å². The number of hydrogen-bond donors (Lipinski definition) is 2. The van der Waals surface area contributed by atoms with Crippen molar-refractivity contribution < 1.29 is 4.79 Å². The predicted molar refractivity (Wildman–Crippen MR) is 81.9 cm³/mol. The molecule has 0 aliphatic heterocycles. The van der Waals surface area contributed by atoms with Crippen LogP contribution in [0.3, 0.4) is 0 Å². The van der Waals surface area contributed by atoms with Crippen LogP contribution in [0.5, 0.6) is 0 Å². The fourth-order valence-corrected chi connectivity index (χ4v) is 2.80. The van der Waals surface area contributed by atoms with Gasteiger partial charge in [0.15, 0.2) is 0 Å². The summed E-state index contributed by atoms with van der Waals surface area (Å²) in [6, 6.07) is 0. The van der Waals surface area contributed by atoms with Gasteiger partial charge in [-0.15, -0.1) is 0 Å². The third-order valence-electron chi connectivity index (χ3n) is 3.43. The summed E-state index contributed by atoms with van der Waals surface area (Å²) in [5.41, 5.74) is 5.16. The number of nitrogens with one attached hydrogen (secondary N) is 1. The van der Waals surface area contributed by atoms with E-state index in [9.17, 15) is 4.79 Å². The van der Waals surface area contributed by atoms with Crippen molar-refractivity contribution in [1.82, 2.24) is 20.1 Å². The fourth-order valence-electron chi connectivity index (χ4n) is 2.51. The second kappa shape index (κ2) is 7.33. The third kappa shape index (κ3) is 3.53. The van der Waals surface area contributed by atoms with Gasteiger partial charge >= 0.3 is 0 Å². The minimum atomic E-state index is -0.742. The molecule has 0 fully saturated rings. The molecule has 1 heterocycles. The SMILES string of the molecule is CCCC(CCC)(C(=O)N(C)Cc1ncn[nH]1)C(N)=S. The Balaban J connectivity index is 2.93. The highest BCUT2D eigenvalue weighted by molar-refractivity contribution is 7.80. The van der Waals surface area contributed by atoms with Crippen LogP contribution in [0.25, 0.3) is 0 Å². The molecule has 0 aromatic carbocycles. The lowest BCUT2D eigenvalue weighted by Gasteiger charge is -2.34. The zero-order valence-corrected chi connectivity index (χ0v) is 13.2. The highest BCUT2D eigenvalue weighted by Gasteiger charge is 2.41. The van der Waals surface area contributed by atoms with E-state index in [1.807, 2.05) is 13.8 Å². The molecule has 0 saturated heterocycles. The van der Waals surface area contributed by atoms with Crippen molar-refractivity contribution in [3.8, 4) is 0 Å². The fraction of sp³-hybridized carbons (Fsp3) is 0.692. The Morgan fingerprint density at radius 3 is 2.45 bits per heavy atom. The van der Waals surface area contributed by atoms with Gasteiger partial charge in [-0.25, -0.2) is 4.98 Å². The Bertz CT molecular complexity index is 440. The zero-order chi connectivity index (χ0) is 15.2. The number of rotatable bonds is 8. The van der Waals surface area contributed by atoms with Gasteiger partial charge in [-0.2, -0.15) is 5.10 Å². The lowest BCUT2D eigenvalue weighted by Crippen LogP contribution is -2.49. The van der Waals surface area contributed by atoms with Crippen LogP contribution in [-0.2, 0) is 11.3 Å². The van der Waals surface area contributed by atoms with Gasteiger partial charge in [0.25, 0.3) is 0 Å². The molecule has 20 heavy (non-hydrogen) atoms. The maximum atomic E-state index is 12.8. The number of nitrogens with zero attached hydrogens (tertiary/aromatic N) is 3. The lowest BCUT2D eigenvalue weighted by atomic mass is 9.77. The summed E-state index contributed by atoms with van der Waals surface area (Å²) >= 11 is 5.20. The molecule has 0 spiro atoms. The van der Waals surface area contributed by atoms with E-state index >= 15 is 0 Å². The van der Waals surface area contributed by atoms with Gasteiger partial charge in [-0.3, -0.25) is 9.89 Å². The van der Waals surface area contributed by atoms with Crippen LogP contribution in [0.2, 0.25) is 0 Å². The maximum absolute atomic E-state index is 12.8. The van der Waals surface area contributed by atoms with Gasteiger partial charge in [0.05, 0.1) is 16.9 Å². The van der Waals surface area contributed by atoms with Gasteiger partial charge in [0.2, 0.25) is 5.91 Å². The molecule has 6 nitrogen and oxygen atoms in total. The van der Waals surface area contributed by atoms with Crippen molar-refractivity contribution in [3.63, 3.8) is 0 Å². The normalized spacial score (nSPS) is 11.3. The number of carbonyl (C=O) groups excluding carboxylic acids is 1. The summed E-state index contributed by atoms with van der Waals surface area (Å²) in [4.78, 5) is 18.7. The summed E-state index contributed by atoms with van der Waals surface area (Å²) < 4.78 is 0. The van der Waals surface area contributed by atoms with E-state index in [1.165, 1.54) is 6.33 Å². The molecule has 1 aromatic heterocycles. The quantitative estimate of drug-likeness (QED) is 0.712. The summed E-state index contributed by atoms with van der Waals surface area (Å²) in [7, 11) is 1.74. The first-order valence-corrected chi connectivity index (χ1v) is 7.28. The molecule has 112 valence electrons. The molecule has 0 radical (unpaired) electrons. The maximum Gasteiger partial charge on any atom is 0.235 e. The molecule has 1 rings (SSSR count). The van der Waals surface area contributed by atoms with E-state index in [1.54, 1.807) is 11.9 Å². The Kier molecular flexibility index (Phi) is 6.06. The smallest absolute Gasteiger partial charge is 0.235 e. The molecule has 7 heteroatoms. The van der Waals surface area contributed by atoms with Gasteiger partial charge in [0.1, 0.15) is 12.2 Å². The van der Waals surface area contributed by atoms with Crippen molar-refractivity contribution in [2.75, 3.05) is 7.05 Å². The van der Waals surface area contributed by atoms with E-state index in [2.05, 4.69) is 15.2 Å². The molecule has 0 unspecified atom stereocenters. The number of carbonyl (C=O) groups is 1. The molecule has 1 amide bonds. The first-order chi connectivity index (χ1) is 9.47. The highest BCUT2D eigenvalue weighted by atomic mass is 32.1. The molecule has 0 aliphatic carbocycles. The number of amides is 1. The number of nitrogens with two attached hydrogens (primary N) is 1. The van der Waals surface area contributed by atoms with Crippen LogP contribution in [-0.4, -0.2) is 38.0 Å². The monoisotopic (exact) mass is 297 g/mol. The van der Waals surface area contributed by atoms with E-state index in [-0.39, 0.29) is 10.9 Å². The third-order valence-corrected chi connectivity index (χ3v) is 3.82. The lowest BCUT2D eigenvalue weighted by molar-refractivity contribution is -0.138. The number of H-pyrrole nitrogens is 1. The van der Waals surface area contributed by atoms with Crippen LogP contribution < -0.4 is 5.73 Å². The minimum Gasteiger partial charge on any atom is -0.392 e. The molecule has 0 atom stereocenters. The molecule has 0 saturated carbocycles. The van der Waals surface area contributed by atoms with Gasteiger partial charge in [-0.1, -0.05) is 38.9 Å². The van der Waals surface area contributed by atoms with E-state index in [0.717, 1.165) is 12.8 Å². The molecule has 3 N–H and O–H groups in total. The van der Waals surface area contributed by atoms with Crippen molar-refractivity contribution in [2.45, 2.75) is 46.1 Å². The number of thiocarbonyl (C=S) groups is 1. The summed E-state index contributed by atoms with van der Waals surface area (Å²) in [5.74, 6) is 0.607. The van der Waals surface area contributed by atoms with Crippen LogP contribution >= 0.6 is 12.2 Å². The van der Waals surface area contributed by atoms with Crippen molar-refractivity contribution >= 4 is 23.1 Å². The molecule has 0 bridgehead atoms. The van der Waals surface area contributed by atoms with Crippen molar-refractivity contribution in [1.29, 1.82) is 0 Å². The first kappa shape index (κ1) is 16.6. The van der Waals surface area contributed by atoms with Crippen LogP contribution in [0.15, 0.2) is 6.33 Å². The highest BCUT2D eigenvalue weighted by Crippen LogP contribution is 2.33. The van der Waals surface area contributed by atoms with Crippen LogP contribution in [0, 0.1) is 5.41 Å². The second-order valence-corrected chi connectivity index (χ2v) is 5.48. The van der Waals surface area contributed by atoms with Crippen LogP contribution in [0.1, 0.15) is 45.4 Å². The zero-order valence-electron chi connectivity index (χ0n) is 12.3. The number of hydrogen-bond acceptors (Lipinski definition) is 4. The topological polar surface area (TPSA) is 87.9 Å². The van der Waals surface area contributed by atoms with E-state index in [0.29, 0.717) is 25.2 Å². The Morgan fingerprint density at radius 1 is 1.45 bits per heavy atom. The van der Waals surface area contributed by atoms with Crippen molar-refractivity contribution in [3.05, 3.63) is 12.2 Å². The summed E-state index contributed by atoms with van der Waals surface area (Å²) in [6.45, 7) is 4.44. The molecular weight excluding hydrogens is 274 g/mol. The predicted octanol–water partition coefficient (Wildman–Crippen LogP) is 1.64. The molecular formula is C13H23N5OS. The molecule has 1 aromatic rings. The largest absolute Gasteiger partial charge is 0.392 e. The average Bonchev–Trinajstić information content (AvgIpc) is 2.90. The van der Waals surface area contributed by atoms with E-state index < -0.39 is 5.41 Å². The molecule has 0 aliphatic rings. The standard InChI is InChI=1S/C13H23N5OS/c1-4-6-13(7-5-2,11(14)20)12(19)18(3)8-10-15-9-16-17-10/h9H,4-8H2,1-3H3,(H2,14,20)(H,15,16,17). The average molecular weight is 297 g/mol. The minimum absolute atomic E-state index is 0.0369. The summed E-state index contributed by atoms with van der Waals surface area (Å²) in [6.07, 6.45) is 4.50. The first-order valence-electron chi connectivity index (χ1n) is 6.87. The number of aromatic amines is 1. The summed E-state index contributed by atoms with van der Waals surface area (Å²) in [5, 5.41) is 6.53. The second-order valence-electron chi connectivity index (χ2n) is 5.04. The van der Waals surface area contributed by atoms with Gasteiger partial charge in [-0.05, 0) is 12.8 Å². The Hall–Kier alpha value is -1.50. The number of aromatic nitrogens is 3. The van der Waals surface area contributed by atoms with Gasteiger partial charge in [0, 0.05) is 7.05 Å². The van der Waals surface area contributed by atoms with Gasteiger partial charge < -0.3 is 10.6 Å². The van der Waals surface area contributed by atoms with Crippen LogP contribution in [0.4, 0.5) is 0 Å². The Labute approximate surface area is 125 Å².